The van der Waals surface area contributed by atoms with Crippen LogP contribution in [0, 0.1) is 0 Å². The van der Waals surface area contributed by atoms with Gasteiger partial charge in [0.05, 0.1) is 11.9 Å². The quantitative estimate of drug-likeness (QED) is 0.686. The summed E-state index contributed by atoms with van der Waals surface area (Å²) < 4.78 is 0. The Morgan fingerprint density at radius 3 is 2.65 bits per heavy atom. The lowest BCUT2D eigenvalue weighted by atomic mass is 10.0. The number of rotatable bonds is 1. The third kappa shape index (κ3) is 1.69. The van der Waals surface area contributed by atoms with Gasteiger partial charge in [-0.15, -0.1) is 5.10 Å². The summed E-state index contributed by atoms with van der Waals surface area (Å²) in [6.07, 6.45) is 1.62. The van der Waals surface area contributed by atoms with Crippen LogP contribution >= 0.6 is 0 Å². The minimum absolute atomic E-state index is 0.190. The lowest BCUT2D eigenvalue weighted by Crippen LogP contribution is -1.98. The van der Waals surface area contributed by atoms with Crippen LogP contribution in [0.4, 0.5) is 5.95 Å². The van der Waals surface area contributed by atoms with E-state index in [1.165, 1.54) is 5.39 Å². The third-order valence-corrected chi connectivity index (χ3v) is 2.64. The molecule has 2 N–H and O–H groups in total. The van der Waals surface area contributed by atoms with Crippen molar-refractivity contribution < 1.29 is 0 Å². The Kier molecular flexibility index (Phi) is 2.19. The molecule has 17 heavy (non-hydrogen) atoms. The van der Waals surface area contributed by atoms with Gasteiger partial charge in [0.2, 0.25) is 5.95 Å². The largest absolute Gasteiger partial charge is 0.366 e. The van der Waals surface area contributed by atoms with Crippen LogP contribution in [0.3, 0.4) is 0 Å². The summed E-state index contributed by atoms with van der Waals surface area (Å²) in [5.74, 6) is 0.190. The van der Waals surface area contributed by atoms with Crippen molar-refractivity contribution in [2.45, 2.75) is 0 Å². The van der Waals surface area contributed by atoms with Gasteiger partial charge in [-0.1, -0.05) is 42.5 Å². The smallest absolute Gasteiger partial charge is 0.240 e. The summed E-state index contributed by atoms with van der Waals surface area (Å²) in [5, 5.41) is 9.79. The number of hydrogen-bond acceptors (Lipinski definition) is 4. The summed E-state index contributed by atoms with van der Waals surface area (Å²) >= 11 is 0. The van der Waals surface area contributed by atoms with E-state index in [4.69, 9.17) is 5.73 Å². The SMILES string of the molecule is Nc1nncc(-c2cccc3ccccc23)n1. The van der Waals surface area contributed by atoms with E-state index in [-0.39, 0.29) is 5.95 Å². The first-order chi connectivity index (χ1) is 8.34. The standard InChI is InChI=1S/C13H10N4/c14-13-16-12(8-15-17-13)11-7-3-5-9-4-1-2-6-10(9)11/h1-8H,(H2,14,16,17). The van der Waals surface area contributed by atoms with Crippen LogP contribution in [0.5, 0.6) is 0 Å². The maximum absolute atomic E-state index is 5.56. The number of nitrogens with two attached hydrogens (primary N) is 1. The van der Waals surface area contributed by atoms with Gasteiger partial charge in [0.15, 0.2) is 0 Å². The molecule has 0 aliphatic rings. The van der Waals surface area contributed by atoms with Gasteiger partial charge in [0.25, 0.3) is 0 Å². The predicted octanol–water partition coefficient (Wildman–Crippen LogP) is 2.27. The van der Waals surface area contributed by atoms with Gasteiger partial charge < -0.3 is 5.73 Å². The highest BCUT2D eigenvalue weighted by atomic mass is 15.2. The molecule has 0 saturated carbocycles. The highest BCUT2D eigenvalue weighted by molar-refractivity contribution is 5.95. The first kappa shape index (κ1) is 9.72. The van der Waals surface area contributed by atoms with Crippen LogP contribution in [-0.4, -0.2) is 15.2 Å². The van der Waals surface area contributed by atoms with Gasteiger partial charge in [-0.3, -0.25) is 0 Å². The molecule has 0 amide bonds. The maximum Gasteiger partial charge on any atom is 0.240 e. The van der Waals surface area contributed by atoms with Crippen molar-refractivity contribution in [1.82, 2.24) is 15.2 Å². The Bertz CT molecular complexity index is 674. The summed E-state index contributed by atoms with van der Waals surface area (Å²) in [5.41, 5.74) is 7.32. The zero-order valence-electron chi connectivity index (χ0n) is 9.04. The van der Waals surface area contributed by atoms with Gasteiger partial charge >= 0.3 is 0 Å². The van der Waals surface area contributed by atoms with E-state index in [0.717, 1.165) is 16.6 Å². The molecule has 0 fully saturated rings. The zero-order valence-corrected chi connectivity index (χ0v) is 9.04. The number of fused-ring (bicyclic) bond motifs is 1. The van der Waals surface area contributed by atoms with Crippen LogP contribution in [0.25, 0.3) is 22.0 Å². The Balaban J connectivity index is 2.30. The Morgan fingerprint density at radius 1 is 0.941 bits per heavy atom. The van der Waals surface area contributed by atoms with Gasteiger partial charge in [0, 0.05) is 5.56 Å². The summed E-state index contributed by atoms with van der Waals surface area (Å²) in [4.78, 5) is 4.20. The van der Waals surface area contributed by atoms with Crippen LogP contribution < -0.4 is 5.73 Å². The molecule has 0 aliphatic heterocycles. The lowest BCUT2D eigenvalue weighted by Gasteiger charge is -2.05. The van der Waals surface area contributed by atoms with Crippen molar-refractivity contribution in [3.8, 4) is 11.3 Å². The normalized spacial score (nSPS) is 10.6. The van der Waals surface area contributed by atoms with Crippen molar-refractivity contribution >= 4 is 16.7 Å². The van der Waals surface area contributed by atoms with E-state index in [9.17, 15) is 0 Å². The molecule has 4 heteroatoms. The van der Waals surface area contributed by atoms with E-state index in [0.29, 0.717) is 0 Å². The van der Waals surface area contributed by atoms with Gasteiger partial charge in [-0.2, -0.15) is 5.10 Å². The fourth-order valence-corrected chi connectivity index (χ4v) is 1.90. The summed E-state index contributed by atoms with van der Waals surface area (Å²) in [6, 6.07) is 14.2. The highest BCUT2D eigenvalue weighted by Crippen LogP contribution is 2.26. The van der Waals surface area contributed by atoms with Crippen LogP contribution in [0.1, 0.15) is 0 Å². The average molecular weight is 222 g/mol. The topological polar surface area (TPSA) is 64.7 Å². The molecule has 1 heterocycles. The van der Waals surface area contributed by atoms with Crippen molar-refractivity contribution in [1.29, 1.82) is 0 Å². The van der Waals surface area contributed by atoms with E-state index in [1.807, 2.05) is 24.3 Å². The second kappa shape index (κ2) is 3.83. The minimum Gasteiger partial charge on any atom is -0.366 e. The van der Waals surface area contributed by atoms with E-state index in [2.05, 4.69) is 33.4 Å². The van der Waals surface area contributed by atoms with Crippen LogP contribution in [0.15, 0.2) is 48.7 Å². The van der Waals surface area contributed by atoms with Gasteiger partial charge in [0.1, 0.15) is 0 Å². The molecule has 0 spiro atoms. The first-order valence-corrected chi connectivity index (χ1v) is 5.28. The van der Waals surface area contributed by atoms with E-state index < -0.39 is 0 Å². The molecule has 0 atom stereocenters. The summed E-state index contributed by atoms with van der Waals surface area (Å²) in [7, 11) is 0. The minimum atomic E-state index is 0.190. The number of hydrogen-bond donors (Lipinski definition) is 1. The Hall–Kier alpha value is -2.49. The highest BCUT2D eigenvalue weighted by Gasteiger charge is 2.05. The summed E-state index contributed by atoms with van der Waals surface area (Å²) in [6.45, 7) is 0. The molecule has 3 rings (SSSR count). The molecule has 0 aliphatic carbocycles. The van der Waals surface area contributed by atoms with Crippen molar-refractivity contribution in [3.05, 3.63) is 48.7 Å². The number of aromatic nitrogens is 3. The second-order valence-electron chi connectivity index (χ2n) is 3.73. The molecular weight excluding hydrogens is 212 g/mol. The van der Waals surface area contributed by atoms with Crippen molar-refractivity contribution in [3.63, 3.8) is 0 Å². The van der Waals surface area contributed by atoms with Crippen LogP contribution in [-0.2, 0) is 0 Å². The number of nitrogens with zero attached hydrogens (tertiary/aromatic N) is 3. The number of benzene rings is 2. The van der Waals surface area contributed by atoms with Crippen molar-refractivity contribution in [2.75, 3.05) is 5.73 Å². The first-order valence-electron chi connectivity index (χ1n) is 5.28. The molecule has 0 radical (unpaired) electrons. The van der Waals surface area contributed by atoms with E-state index in [1.54, 1.807) is 6.20 Å². The molecule has 3 aromatic rings. The van der Waals surface area contributed by atoms with E-state index >= 15 is 0 Å². The molecule has 4 nitrogen and oxygen atoms in total. The third-order valence-electron chi connectivity index (χ3n) is 2.64. The number of nitrogen functional groups attached to an aromatic ring is 1. The predicted molar refractivity (Wildman–Crippen MR) is 67.2 cm³/mol. The molecular formula is C13H10N4. The van der Waals surface area contributed by atoms with Crippen LogP contribution in [0.2, 0.25) is 0 Å². The van der Waals surface area contributed by atoms with Crippen molar-refractivity contribution in [2.24, 2.45) is 0 Å². The fourth-order valence-electron chi connectivity index (χ4n) is 1.90. The van der Waals surface area contributed by atoms with Gasteiger partial charge in [-0.05, 0) is 10.8 Å². The monoisotopic (exact) mass is 222 g/mol. The van der Waals surface area contributed by atoms with Gasteiger partial charge in [-0.25, -0.2) is 4.98 Å². The Morgan fingerprint density at radius 2 is 1.76 bits per heavy atom. The fraction of sp³-hybridized carbons (Fsp3) is 0. The molecule has 82 valence electrons. The Labute approximate surface area is 98.1 Å². The average Bonchev–Trinajstić information content (AvgIpc) is 2.38. The molecule has 0 saturated heterocycles. The molecule has 2 aromatic carbocycles. The second-order valence-corrected chi connectivity index (χ2v) is 3.73. The molecule has 0 bridgehead atoms. The molecule has 0 unspecified atom stereocenters. The maximum atomic E-state index is 5.56. The lowest BCUT2D eigenvalue weighted by molar-refractivity contribution is 0.991. The number of anilines is 1. The zero-order chi connectivity index (χ0) is 11.7. The molecule has 1 aromatic heterocycles.